The third-order valence-electron chi connectivity index (χ3n) is 3.66. The highest BCUT2D eigenvalue weighted by atomic mass is 16.5. The molecular weight excluding hydrogens is 260 g/mol. The smallest absolute Gasteiger partial charge is 0.230 e. The molecule has 0 saturated carbocycles. The first kappa shape index (κ1) is 13.4. The van der Waals surface area contributed by atoms with Crippen LogP contribution in [0.15, 0.2) is 53.1 Å². The SMILES string of the molecule is CCc1ccc(-c2noc(N)c2-c2cccc(C)c2)cc1. The van der Waals surface area contributed by atoms with Gasteiger partial charge in [-0.05, 0) is 24.5 Å². The standard InChI is InChI=1S/C18H18N2O/c1-3-13-7-9-14(10-8-13)17-16(18(19)21-20-17)15-6-4-5-12(2)11-15/h4-11H,3,19H2,1-2H3. The Labute approximate surface area is 124 Å². The zero-order valence-corrected chi connectivity index (χ0v) is 12.3. The average Bonchev–Trinajstić information content (AvgIpc) is 2.89. The highest BCUT2D eigenvalue weighted by molar-refractivity contribution is 5.87. The van der Waals surface area contributed by atoms with E-state index in [0.717, 1.165) is 28.8 Å². The van der Waals surface area contributed by atoms with Crippen LogP contribution in [0.25, 0.3) is 22.4 Å². The van der Waals surface area contributed by atoms with Gasteiger partial charge in [-0.15, -0.1) is 0 Å². The van der Waals surface area contributed by atoms with Crippen LogP contribution in [0.4, 0.5) is 5.88 Å². The average molecular weight is 278 g/mol. The van der Waals surface area contributed by atoms with E-state index in [9.17, 15) is 0 Å². The summed E-state index contributed by atoms with van der Waals surface area (Å²) in [6.07, 6.45) is 1.02. The number of anilines is 1. The number of aryl methyl sites for hydroxylation is 2. The molecule has 0 aliphatic carbocycles. The minimum absolute atomic E-state index is 0.357. The molecular formula is C18H18N2O. The van der Waals surface area contributed by atoms with Crippen molar-refractivity contribution in [2.75, 3.05) is 5.73 Å². The molecule has 3 rings (SSSR count). The normalized spacial score (nSPS) is 10.8. The largest absolute Gasteiger partial charge is 0.367 e. The van der Waals surface area contributed by atoms with Crippen LogP contribution >= 0.6 is 0 Å². The van der Waals surface area contributed by atoms with Crippen LogP contribution < -0.4 is 5.73 Å². The van der Waals surface area contributed by atoms with Gasteiger partial charge in [0.05, 0.1) is 5.56 Å². The van der Waals surface area contributed by atoms with Gasteiger partial charge in [0.15, 0.2) is 0 Å². The van der Waals surface area contributed by atoms with E-state index in [1.54, 1.807) is 0 Å². The first-order valence-electron chi connectivity index (χ1n) is 7.10. The monoisotopic (exact) mass is 278 g/mol. The predicted octanol–water partition coefficient (Wildman–Crippen LogP) is 4.46. The highest BCUT2D eigenvalue weighted by Crippen LogP contribution is 2.36. The third-order valence-corrected chi connectivity index (χ3v) is 3.66. The van der Waals surface area contributed by atoms with Crippen molar-refractivity contribution in [2.45, 2.75) is 20.3 Å². The fraction of sp³-hybridized carbons (Fsp3) is 0.167. The van der Waals surface area contributed by atoms with Gasteiger partial charge in [-0.3, -0.25) is 0 Å². The van der Waals surface area contributed by atoms with Crippen LogP contribution in [0.3, 0.4) is 0 Å². The third kappa shape index (κ3) is 2.55. The lowest BCUT2D eigenvalue weighted by Crippen LogP contribution is -1.89. The van der Waals surface area contributed by atoms with E-state index < -0.39 is 0 Å². The molecule has 1 heterocycles. The highest BCUT2D eigenvalue weighted by Gasteiger charge is 2.17. The van der Waals surface area contributed by atoms with Gasteiger partial charge >= 0.3 is 0 Å². The molecule has 2 N–H and O–H groups in total. The van der Waals surface area contributed by atoms with Crippen LogP contribution in [0, 0.1) is 6.92 Å². The van der Waals surface area contributed by atoms with Gasteiger partial charge in [-0.1, -0.05) is 66.2 Å². The van der Waals surface area contributed by atoms with Crippen molar-refractivity contribution in [3.8, 4) is 22.4 Å². The molecule has 3 nitrogen and oxygen atoms in total. The van der Waals surface area contributed by atoms with Crippen molar-refractivity contribution in [3.63, 3.8) is 0 Å². The topological polar surface area (TPSA) is 52.0 Å². The summed E-state index contributed by atoms with van der Waals surface area (Å²) in [6, 6.07) is 16.5. The maximum Gasteiger partial charge on any atom is 0.230 e. The number of benzene rings is 2. The van der Waals surface area contributed by atoms with E-state index >= 15 is 0 Å². The number of aromatic nitrogens is 1. The molecule has 106 valence electrons. The van der Waals surface area contributed by atoms with Gasteiger partial charge in [0.2, 0.25) is 5.88 Å². The number of nitrogens with zero attached hydrogens (tertiary/aromatic N) is 1. The minimum Gasteiger partial charge on any atom is -0.367 e. The summed E-state index contributed by atoms with van der Waals surface area (Å²) in [4.78, 5) is 0. The van der Waals surface area contributed by atoms with Crippen molar-refractivity contribution in [3.05, 3.63) is 59.7 Å². The van der Waals surface area contributed by atoms with Crippen LogP contribution in [-0.4, -0.2) is 5.16 Å². The Bertz CT molecular complexity index is 757. The van der Waals surface area contributed by atoms with Crippen LogP contribution in [0.5, 0.6) is 0 Å². The summed E-state index contributed by atoms with van der Waals surface area (Å²) < 4.78 is 5.23. The lowest BCUT2D eigenvalue weighted by molar-refractivity contribution is 0.439. The molecule has 0 spiro atoms. The van der Waals surface area contributed by atoms with Crippen molar-refractivity contribution < 1.29 is 4.52 Å². The summed E-state index contributed by atoms with van der Waals surface area (Å²) in [6.45, 7) is 4.20. The molecule has 3 heteroatoms. The second kappa shape index (κ2) is 5.44. The summed E-state index contributed by atoms with van der Waals surface area (Å²) in [5.41, 5.74) is 12.2. The molecule has 0 bridgehead atoms. The van der Waals surface area contributed by atoms with E-state index in [-0.39, 0.29) is 0 Å². The number of rotatable bonds is 3. The molecule has 0 amide bonds. The fourth-order valence-corrected chi connectivity index (χ4v) is 2.48. The van der Waals surface area contributed by atoms with E-state index in [4.69, 9.17) is 10.3 Å². The molecule has 2 aromatic carbocycles. The van der Waals surface area contributed by atoms with Crippen LogP contribution in [0.2, 0.25) is 0 Å². The van der Waals surface area contributed by atoms with Crippen molar-refractivity contribution in [1.29, 1.82) is 0 Å². The van der Waals surface area contributed by atoms with E-state index in [2.05, 4.69) is 55.4 Å². The maximum absolute atomic E-state index is 5.99. The van der Waals surface area contributed by atoms with E-state index in [0.29, 0.717) is 5.88 Å². The molecule has 3 aromatic rings. The first-order chi connectivity index (χ1) is 10.2. The van der Waals surface area contributed by atoms with Gasteiger partial charge in [-0.25, -0.2) is 0 Å². The molecule has 0 atom stereocenters. The Hall–Kier alpha value is -2.55. The van der Waals surface area contributed by atoms with Crippen molar-refractivity contribution >= 4 is 5.88 Å². The van der Waals surface area contributed by atoms with Gasteiger partial charge in [0.25, 0.3) is 0 Å². The second-order valence-corrected chi connectivity index (χ2v) is 5.19. The quantitative estimate of drug-likeness (QED) is 0.769. The molecule has 0 saturated heterocycles. The molecule has 0 radical (unpaired) electrons. The minimum atomic E-state index is 0.357. The lowest BCUT2D eigenvalue weighted by atomic mass is 9.99. The van der Waals surface area contributed by atoms with Crippen molar-refractivity contribution in [1.82, 2.24) is 5.16 Å². The number of hydrogen-bond donors (Lipinski definition) is 1. The predicted molar refractivity (Wildman–Crippen MR) is 85.9 cm³/mol. The number of nitrogen functional groups attached to an aromatic ring is 1. The van der Waals surface area contributed by atoms with Crippen LogP contribution in [0.1, 0.15) is 18.1 Å². The van der Waals surface area contributed by atoms with Crippen molar-refractivity contribution in [2.24, 2.45) is 0 Å². The lowest BCUT2D eigenvalue weighted by Gasteiger charge is -2.05. The van der Waals surface area contributed by atoms with E-state index in [1.807, 2.05) is 12.1 Å². The molecule has 0 unspecified atom stereocenters. The maximum atomic E-state index is 5.99. The summed E-state index contributed by atoms with van der Waals surface area (Å²) >= 11 is 0. The van der Waals surface area contributed by atoms with E-state index in [1.165, 1.54) is 11.1 Å². The molecule has 0 aliphatic heterocycles. The summed E-state index contributed by atoms with van der Waals surface area (Å²) in [7, 11) is 0. The summed E-state index contributed by atoms with van der Waals surface area (Å²) in [5.74, 6) is 0.357. The Morgan fingerprint density at radius 2 is 1.81 bits per heavy atom. The van der Waals surface area contributed by atoms with Crippen LogP contribution in [-0.2, 0) is 6.42 Å². The first-order valence-corrected chi connectivity index (χ1v) is 7.10. The second-order valence-electron chi connectivity index (χ2n) is 5.19. The fourth-order valence-electron chi connectivity index (χ4n) is 2.48. The Kier molecular flexibility index (Phi) is 3.48. The van der Waals surface area contributed by atoms with Gasteiger partial charge < -0.3 is 10.3 Å². The molecule has 0 aliphatic rings. The van der Waals surface area contributed by atoms with Gasteiger partial charge in [0, 0.05) is 5.56 Å². The number of hydrogen-bond acceptors (Lipinski definition) is 3. The summed E-state index contributed by atoms with van der Waals surface area (Å²) in [5, 5.41) is 4.15. The molecule has 1 aromatic heterocycles. The Balaban J connectivity index is 2.12. The van der Waals surface area contributed by atoms with Gasteiger partial charge in [0.1, 0.15) is 5.69 Å². The zero-order valence-electron chi connectivity index (χ0n) is 12.3. The zero-order chi connectivity index (χ0) is 14.8. The molecule has 21 heavy (non-hydrogen) atoms. The number of nitrogens with two attached hydrogens (primary N) is 1. The molecule has 0 fully saturated rings. The Morgan fingerprint density at radius 1 is 1.05 bits per heavy atom. The van der Waals surface area contributed by atoms with Gasteiger partial charge in [-0.2, -0.15) is 0 Å². The Morgan fingerprint density at radius 3 is 2.48 bits per heavy atom.